The lowest BCUT2D eigenvalue weighted by molar-refractivity contribution is 0.124. The first-order valence-corrected chi connectivity index (χ1v) is 6.77. The first-order valence-electron chi connectivity index (χ1n) is 6.77. The molecule has 0 bridgehead atoms. The molecule has 0 atom stereocenters. The summed E-state index contributed by atoms with van der Waals surface area (Å²) in [6.07, 6.45) is 5.48. The van der Waals surface area contributed by atoms with Gasteiger partial charge >= 0.3 is 0 Å². The molecule has 100 valence electrons. The quantitative estimate of drug-likeness (QED) is 0.658. The Morgan fingerprint density at radius 3 is 3.06 bits per heavy atom. The van der Waals surface area contributed by atoms with Crippen molar-refractivity contribution in [2.24, 2.45) is 5.92 Å². The van der Waals surface area contributed by atoms with Crippen molar-refractivity contribution in [3.8, 4) is 0 Å². The molecule has 2 N–H and O–H groups in total. The molecule has 1 saturated carbocycles. The van der Waals surface area contributed by atoms with Crippen LogP contribution < -0.4 is 10.6 Å². The molecule has 0 unspecified atom stereocenters. The van der Waals surface area contributed by atoms with Crippen LogP contribution in [-0.4, -0.2) is 36.3 Å². The van der Waals surface area contributed by atoms with Gasteiger partial charge in [0.05, 0.1) is 0 Å². The van der Waals surface area contributed by atoms with E-state index in [0.717, 1.165) is 44.5 Å². The largest absolute Gasteiger partial charge is 0.381 e. The van der Waals surface area contributed by atoms with Crippen LogP contribution in [0.15, 0.2) is 12.3 Å². The van der Waals surface area contributed by atoms with Crippen LogP contribution in [0.4, 0.5) is 11.8 Å². The summed E-state index contributed by atoms with van der Waals surface area (Å²) in [6, 6.07) is 1.88. The van der Waals surface area contributed by atoms with Crippen molar-refractivity contribution in [3.05, 3.63) is 12.3 Å². The first-order chi connectivity index (χ1) is 8.88. The Bertz CT molecular complexity index is 355. The normalized spacial score (nSPS) is 14.5. The van der Waals surface area contributed by atoms with Crippen LogP contribution in [0.2, 0.25) is 0 Å². The molecule has 1 heterocycles. The molecule has 1 fully saturated rings. The van der Waals surface area contributed by atoms with Gasteiger partial charge in [-0.3, -0.25) is 0 Å². The highest BCUT2D eigenvalue weighted by atomic mass is 16.5. The Balaban J connectivity index is 1.58. The standard InChI is InChI=1S/C13H22N4O/c1-2-14-13-16-8-6-12(17-13)15-7-3-9-18-10-11-4-5-11/h6,8,11H,2-5,7,9-10H2,1H3,(H2,14,15,16,17). The molecule has 1 aliphatic carbocycles. The van der Waals surface area contributed by atoms with E-state index in [-0.39, 0.29) is 0 Å². The minimum Gasteiger partial charge on any atom is -0.381 e. The van der Waals surface area contributed by atoms with Gasteiger partial charge in [0.2, 0.25) is 5.95 Å². The highest BCUT2D eigenvalue weighted by Crippen LogP contribution is 2.28. The van der Waals surface area contributed by atoms with E-state index in [1.54, 1.807) is 6.20 Å². The zero-order chi connectivity index (χ0) is 12.6. The number of nitrogens with one attached hydrogen (secondary N) is 2. The smallest absolute Gasteiger partial charge is 0.224 e. The molecule has 5 heteroatoms. The lowest BCUT2D eigenvalue weighted by Crippen LogP contribution is -2.09. The van der Waals surface area contributed by atoms with E-state index < -0.39 is 0 Å². The van der Waals surface area contributed by atoms with E-state index in [9.17, 15) is 0 Å². The van der Waals surface area contributed by atoms with E-state index in [0.29, 0.717) is 5.95 Å². The van der Waals surface area contributed by atoms with E-state index >= 15 is 0 Å². The summed E-state index contributed by atoms with van der Waals surface area (Å²) in [5.74, 6) is 2.39. The first kappa shape index (κ1) is 13.1. The second kappa shape index (κ2) is 7.16. The highest BCUT2D eigenvalue weighted by molar-refractivity contribution is 5.39. The van der Waals surface area contributed by atoms with Gasteiger partial charge < -0.3 is 15.4 Å². The SMILES string of the molecule is CCNc1nccc(NCCCOCC2CC2)n1. The monoisotopic (exact) mass is 250 g/mol. The fourth-order valence-corrected chi connectivity index (χ4v) is 1.63. The van der Waals surface area contributed by atoms with Crippen molar-refractivity contribution >= 4 is 11.8 Å². The fourth-order valence-electron chi connectivity index (χ4n) is 1.63. The van der Waals surface area contributed by atoms with E-state index in [1.807, 2.05) is 13.0 Å². The van der Waals surface area contributed by atoms with Crippen LogP contribution >= 0.6 is 0 Å². The van der Waals surface area contributed by atoms with Gasteiger partial charge in [0.1, 0.15) is 5.82 Å². The lowest BCUT2D eigenvalue weighted by atomic mass is 10.4. The number of hydrogen-bond acceptors (Lipinski definition) is 5. The molecule has 0 aliphatic heterocycles. The molecular weight excluding hydrogens is 228 g/mol. The van der Waals surface area contributed by atoms with Gasteiger partial charge in [0, 0.05) is 32.5 Å². The van der Waals surface area contributed by atoms with Crippen molar-refractivity contribution in [1.29, 1.82) is 0 Å². The third-order valence-corrected chi connectivity index (χ3v) is 2.81. The summed E-state index contributed by atoms with van der Waals surface area (Å²) in [6.45, 7) is 5.51. The van der Waals surface area contributed by atoms with Crippen LogP contribution in [0.5, 0.6) is 0 Å². The number of anilines is 2. The van der Waals surface area contributed by atoms with Crippen LogP contribution in [0.3, 0.4) is 0 Å². The number of aromatic nitrogens is 2. The summed E-state index contributed by atoms with van der Waals surface area (Å²) < 4.78 is 5.57. The van der Waals surface area contributed by atoms with Crippen molar-refractivity contribution in [1.82, 2.24) is 9.97 Å². The maximum atomic E-state index is 5.57. The maximum Gasteiger partial charge on any atom is 0.224 e. The molecule has 1 aromatic rings. The minimum atomic E-state index is 0.674. The van der Waals surface area contributed by atoms with Gasteiger partial charge in [0.15, 0.2) is 0 Å². The molecule has 2 rings (SSSR count). The molecular formula is C13H22N4O. The van der Waals surface area contributed by atoms with Gasteiger partial charge in [-0.05, 0) is 38.2 Å². The van der Waals surface area contributed by atoms with Crippen LogP contribution in [0, 0.1) is 5.92 Å². The Morgan fingerprint density at radius 1 is 1.39 bits per heavy atom. The van der Waals surface area contributed by atoms with E-state index in [1.165, 1.54) is 12.8 Å². The Kier molecular flexibility index (Phi) is 5.20. The van der Waals surface area contributed by atoms with E-state index in [2.05, 4.69) is 20.6 Å². The van der Waals surface area contributed by atoms with Gasteiger partial charge in [0.25, 0.3) is 0 Å². The van der Waals surface area contributed by atoms with Crippen LogP contribution in [0.1, 0.15) is 26.2 Å². The second-order valence-corrected chi connectivity index (χ2v) is 4.59. The van der Waals surface area contributed by atoms with Crippen LogP contribution in [-0.2, 0) is 4.74 Å². The molecule has 0 aromatic carbocycles. The summed E-state index contributed by atoms with van der Waals surface area (Å²) in [5.41, 5.74) is 0. The van der Waals surface area contributed by atoms with Gasteiger partial charge in [-0.15, -0.1) is 0 Å². The number of ether oxygens (including phenoxy) is 1. The summed E-state index contributed by atoms with van der Waals surface area (Å²) >= 11 is 0. The molecule has 0 amide bonds. The van der Waals surface area contributed by atoms with Crippen molar-refractivity contribution in [2.75, 3.05) is 36.9 Å². The maximum absolute atomic E-state index is 5.57. The molecule has 1 aromatic heterocycles. The Morgan fingerprint density at radius 2 is 2.28 bits per heavy atom. The predicted molar refractivity (Wildman–Crippen MR) is 72.8 cm³/mol. The van der Waals surface area contributed by atoms with Crippen LogP contribution in [0.25, 0.3) is 0 Å². The molecule has 1 aliphatic rings. The molecule has 5 nitrogen and oxygen atoms in total. The predicted octanol–water partition coefficient (Wildman–Crippen LogP) is 2.14. The summed E-state index contributed by atoms with van der Waals surface area (Å²) in [5, 5.41) is 6.37. The molecule has 0 spiro atoms. The Hall–Kier alpha value is -1.36. The Labute approximate surface area is 108 Å². The van der Waals surface area contributed by atoms with E-state index in [4.69, 9.17) is 4.74 Å². The fraction of sp³-hybridized carbons (Fsp3) is 0.692. The third-order valence-electron chi connectivity index (χ3n) is 2.81. The average molecular weight is 250 g/mol. The average Bonchev–Trinajstić information content (AvgIpc) is 3.19. The highest BCUT2D eigenvalue weighted by Gasteiger charge is 2.20. The van der Waals surface area contributed by atoms with Gasteiger partial charge in [-0.25, -0.2) is 4.98 Å². The lowest BCUT2D eigenvalue weighted by Gasteiger charge is -2.07. The van der Waals surface area contributed by atoms with Crippen molar-refractivity contribution in [3.63, 3.8) is 0 Å². The molecule has 0 saturated heterocycles. The zero-order valence-corrected chi connectivity index (χ0v) is 11.0. The number of rotatable bonds is 9. The summed E-state index contributed by atoms with van der Waals surface area (Å²) in [4.78, 5) is 8.47. The van der Waals surface area contributed by atoms with Gasteiger partial charge in [-0.1, -0.05) is 0 Å². The molecule has 0 radical (unpaired) electrons. The summed E-state index contributed by atoms with van der Waals surface area (Å²) in [7, 11) is 0. The zero-order valence-electron chi connectivity index (χ0n) is 11.0. The van der Waals surface area contributed by atoms with Crippen molar-refractivity contribution in [2.45, 2.75) is 26.2 Å². The van der Waals surface area contributed by atoms with Gasteiger partial charge in [-0.2, -0.15) is 4.98 Å². The number of nitrogens with zero attached hydrogens (tertiary/aromatic N) is 2. The topological polar surface area (TPSA) is 59.1 Å². The third kappa shape index (κ3) is 4.87. The number of hydrogen-bond donors (Lipinski definition) is 2. The molecule has 18 heavy (non-hydrogen) atoms. The second-order valence-electron chi connectivity index (χ2n) is 4.59. The minimum absolute atomic E-state index is 0.674. The van der Waals surface area contributed by atoms with Crippen molar-refractivity contribution < 1.29 is 4.74 Å².